The molecule has 1 saturated heterocycles. The van der Waals surface area contributed by atoms with E-state index in [0.717, 1.165) is 0 Å². The highest BCUT2D eigenvalue weighted by Crippen LogP contribution is 2.33. The molecule has 2 N–H and O–H groups in total. The van der Waals surface area contributed by atoms with Crippen molar-refractivity contribution in [3.8, 4) is 0 Å². The van der Waals surface area contributed by atoms with E-state index in [9.17, 15) is 18.0 Å². The van der Waals surface area contributed by atoms with E-state index in [1.807, 2.05) is 0 Å². The molecule has 10 heteroatoms. The predicted molar refractivity (Wildman–Crippen MR) is 102 cm³/mol. The fourth-order valence-electron chi connectivity index (χ4n) is 2.63. The van der Waals surface area contributed by atoms with E-state index in [1.54, 1.807) is 24.4 Å². The first-order valence-corrected chi connectivity index (χ1v) is 10.1. The molecule has 2 amide bonds. The maximum Gasteiger partial charge on any atom is 0.313 e. The van der Waals surface area contributed by atoms with Crippen LogP contribution in [0, 0.1) is 0 Å². The van der Waals surface area contributed by atoms with Gasteiger partial charge in [-0.15, -0.1) is 0 Å². The van der Waals surface area contributed by atoms with Gasteiger partial charge in [-0.05, 0) is 36.8 Å². The van der Waals surface area contributed by atoms with Gasteiger partial charge in [0.25, 0.3) is 0 Å². The number of halogens is 1. The minimum absolute atomic E-state index is 0.0514. The Kier molecular flexibility index (Phi) is 5.62. The van der Waals surface area contributed by atoms with E-state index in [4.69, 9.17) is 11.6 Å². The molecule has 1 fully saturated rings. The van der Waals surface area contributed by atoms with Crippen LogP contribution in [0.3, 0.4) is 0 Å². The van der Waals surface area contributed by atoms with Crippen LogP contribution in [0.5, 0.6) is 0 Å². The highest BCUT2D eigenvalue weighted by molar-refractivity contribution is 7.93. The number of carbonyl (C=O) groups excluding carboxylic acids is 2. The number of nitrogens with one attached hydrogen (secondary N) is 2. The molecule has 8 nitrogen and oxygen atoms in total. The predicted octanol–water partition coefficient (Wildman–Crippen LogP) is 1.53. The Hall–Kier alpha value is -2.65. The van der Waals surface area contributed by atoms with Gasteiger partial charge >= 0.3 is 11.8 Å². The van der Waals surface area contributed by atoms with E-state index < -0.39 is 21.8 Å². The second kappa shape index (κ2) is 7.93. The van der Waals surface area contributed by atoms with Crippen LogP contribution in [0.15, 0.2) is 42.6 Å². The van der Waals surface area contributed by atoms with Crippen molar-refractivity contribution in [2.24, 2.45) is 0 Å². The molecule has 0 unspecified atom stereocenters. The van der Waals surface area contributed by atoms with Crippen molar-refractivity contribution in [3.05, 3.63) is 53.3 Å². The second-order valence-corrected chi connectivity index (χ2v) is 8.29. The van der Waals surface area contributed by atoms with E-state index in [2.05, 4.69) is 15.6 Å². The number of carbonyl (C=O) groups is 2. The smallest absolute Gasteiger partial charge is 0.313 e. The average Bonchev–Trinajstić information content (AvgIpc) is 3.01. The Morgan fingerprint density at radius 1 is 1.19 bits per heavy atom. The van der Waals surface area contributed by atoms with Gasteiger partial charge in [0, 0.05) is 18.4 Å². The number of amides is 2. The van der Waals surface area contributed by atoms with Crippen molar-refractivity contribution < 1.29 is 18.0 Å². The molecule has 1 aromatic carbocycles. The summed E-state index contributed by atoms with van der Waals surface area (Å²) in [7, 11) is -3.41. The van der Waals surface area contributed by atoms with Crippen molar-refractivity contribution in [1.29, 1.82) is 0 Å². The number of hydrogen-bond donors (Lipinski definition) is 2. The summed E-state index contributed by atoms with van der Waals surface area (Å²) in [4.78, 5) is 28.1. The molecule has 2 aromatic rings. The van der Waals surface area contributed by atoms with Gasteiger partial charge < -0.3 is 10.6 Å². The fraction of sp³-hybridized carbons (Fsp3) is 0.235. The van der Waals surface area contributed by atoms with Crippen molar-refractivity contribution in [2.45, 2.75) is 13.0 Å². The lowest BCUT2D eigenvalue weighted by atomic mass is 10.2. The third-order valence-electron chi connectivity index (χ3n) is 3.93. The van der Waals surface area contributed by atoms with E-state index in [0.29, 0.717) is 18.7 Å². The van der Waals surface area contributed by atoms with Crippen LogP contribution in [0.4, 0.5) is 11.4 Å². The largest absolute Gasteiger partial charge is 0.342 e. The van der Waals surface area contributed by atoms with Crippen LogP contribution < -0.4 is 14.9 Å². The van der Waals surface area contributed by atoms with Gasteiger partial charge in [-0.2, -0.15) is 0 Å². The van der Waals surface area contributed by atoms with E-state index >= 15 is 0 Å². The van der Waals surface area contributed by atoms with Crippen molar-refractivity contribution >= 4 is 44.8 Å². The second-order valence-electron chi connectivity index (χ2n) is 5.87. The monoisotopic (exact) mass is 408 g/mol. The Labute approximate surface area is 161 Å². The molecule has 0 spiro atoms. The lowest BCUT2D eigenvalue weighted by Crippen LogP contribution is -2.35. The van der Waals surface area contributed by atoms with Crippen molar-refractivity contribution in [3.63, 3.8) is 0 Å². The topological polar surface area (TPSA) is 108 Å². The summed E-state index contributed by atoms with van der Waals surface area (Å²) in [5.74, 6) is -1.65. The number of aromatic nitrogens is 1. The van der Waals surface area contributed by atoms with Crippen molar-refractivity contribution in [2.75, 3.05) is 21.9 Å². The Morgan fingerprint density at radius 3 is 2.67 bits per heavy atom. The average molecular weight is 409 g/mol. The number of anilines is 2. The molecule has 0 radical (unpaired) electrons. The number of nitrogens with zero attached hydrogens (tertiary/aromatic N) is 2. The quantitative estimate of drug-likeness (QED) is 0.746. The SMILES string of the molecule is O=C(NCc1ccccn1)C(=O)Nc1ccc(Cl)c(N2CCCS2(=O)=O)c1. The number of rotatable bonds is 4. The van der Waals surface area contributed by atoms with Crippen LogP contribution in [0.1, 0.15) is 12.1 Å². The molecule has 1 aliphatic rings. The molecular formula is C17H17ClN4O4S. The summed E-state index contributed by atoms with van der Waals surface area (Å²) in [5, 5.41) is 5.16. The van der Waals surface area contributed by atoms with E-state index in [1.165, 1.54) is 22.5 Å². The fourth-order valence-corrected chi connectivity index (χ4v) is 4.48. The van der Waals surface area contributed by atoms with Crippen LogP contribution in [0.25, 0.3) is 0 Å². The third kappa shape index (κ3) is 4.55. The standard InChI is InChI=1S/C17H17ClN4O4S/c18-14-6-5-12(10-15(14)22-8-3-9-27(22,25)26)21-17(24)16(23)20-11-13-4-1-2-7-19-13/h1-2,4-7,10H,3,8-9,11H2,(H,20,23)(H,21,24). The molecule has 27 heavy (non-hydrogen) atoms. The highest BCUT2D eigenvalue weighted by Gasteiger charge is 2.30. The molecule has 142 valence electrons. The first-order valence-electron chi connectivity index (χ1n) is 8.16. The summed E-state index contributed by atoms with van der Waals surface area (Å²) < 4.78 is 25.4. The Bertz CT molecular complexity index is 966. The van der Waals surface area contributed by atoms with Crippen molar-refractivity contribution in [1.82, 2.24) is 10.3 Å². The van der Waals surface area contributed by atoms with E-state index in [-0.39, 0.29) is 28.7 Å². The van der Waals surface area contributed by atoms with Crippen LogP contribution in [0.2, 0.25) is 5.02 Å². The van der Waals surface area contributed by atoms with Gasteiger partial charge in [0.2, 0.25) is 10.0 Å². The zero-order chi connectivity index (χ0) is 19.4. The van der Waals surface area contributed by atoms with Gasteiger partial charge in [0.05, 0.1) is 28.7 Å². The molecule has 0 atom stereocenters. The molecule has 0 aliphatic carbocycles. The number of sulfonamides is 1. The minimum Gasteiger partial charge on any atom is -0.342 e. The first-order chi connectivity index (χ1) is 12.9. The molecule has 0 saturated carbocycles. The van der Waals surface area contributed by atoms with Crippen LogP contribution in [-0.2, 0) is 26.2 Å². The lowest BCUT2D eigenvalue weighted by Gasteiger charge is -2.19. The van der Waals surface area contributed by atoms with Gasteiger partial charge in [-0.3, -0.25) is 18.9 Å². The van der Waals surface area contributed by atoms with Crippen LogP contribution in [-0.4, -0.2) is 37.5 Å². The molecular weight excluding hydrogens is 392 g/mol. The normalized spacial score (nSPS) is 15.4. The molecule has 3 rings (SSSR count). The Morgan fingerprint density at radius 2 is 2.00 bits per heavy atom. The summed E-state index contributed by atoms with van der Waals surface area (Å²) in [6.07, 6.45) is 2.09. The summed E-state index contributed by atoms with van der Waals surface area (Å²) in [5.41, 5.74) is 1.17. The number of hydrogen-bond acceptors (Lipinski definition) is 5. The lowest BCUT2D eigenvalue weighted by molar-refractivity contribution is -0.136. The zero-order valence-electron chi connectivity index (χ0n) is 14.2. The minimum atomic E-state index is -3.41. The van der Waals surface area contributed by atoms with Gasteiger partial charge in [0.15, 0.2) is 0 Å². The molecule has 1 aromatic heterocycles. The number of pyridine rings is 1. The zero-order valence-corrected chi connectivity index (χ0v) is 15.8. The molecule has 1 aliphatic heterocycles. The van der Waals surface area contributed by atoms with Crippen LogP contribution >= 0.6 is 11.6 Å². The van der Waals surface area contributed by atoms with Gasteiger partial charge in [0.1, 0.15) is 0 Å². The highest BCUT2D eigenvalue weighted by atomic mass is 35.5. The first kappa shape index (κ1) is 19.1. The summed E-state index contributed by atoms with van der Waals surface area (Å²) in [6.45, 7) is 0.439. The molecule has 2 heterocycles. The van der Waals surface area contributed by atoms with Gasteiger partial charge in [-0.25, -0.2) is 8.42 Å². The maximum absolute atomic E-state index is 12.1. The summed E-state index contributed by atoms with van der Waals surface area (Å²) in [6, 6.07) is 9.66. The Balaban J connectivity index is 1.67. The third-order valence-corrected chi connectivity index (χ3v) is 6.11. The summed E-state index contributed by atoms with van der Waals surface area (Å²) >= 11 is 6.12. The number of benzene rings is 1. The molecule has 0 bridgehead atoms. The van der Waals surface area contributed by atoms with Gasteiger partial charge in [-0.1, -0.05) is 17.7 Å². The maximum atomic E-state index is 12.1.